The van der Waals surface area contributed by atoms with E-state index >= 15 is 0 Å². The Hall–Kier alpha value is -4.34. The maximum Gasteiger partial charge on any atom is 0.262 e. The van der Waals surface area contributed by atoms with Gasteiger partial charge in [0.05, 0.1) is 11.1 Å². The van der Waals surface area contributed by atoms with Crippen molar-refractivity contribution in [1.82, 2.24) is 25.0 Å². The van der Waals surface area contributed by atoms with Crippen molar-refractivity contribution >= 4 is 35.2 Å². The molecule has 4 heterocycles. The van der Waals surface area contributed by atoms with Crippen molar-refractivity contribution in [2.24, 2.45) is 0 Å². The predicted octanol–water partition coefficient (Wildman–Crippen LogP) is 2.26. The molecule has 5 rings (SSSR count). The monoisotopic (exact) mass is 471 g/mol. The molecule has 1 saturated heterocycles. The molecule has 178 valence electrons. The van der Waals surface area contributed by atoms with Crippen LogP contribution in [0.5, 0.6) is 0 Å². The first-order chi connectivity index (χ1) is 16.9. The van der Waals surface area contributed by atoms with Crippen LogP contribution in [0.1, 0.15) is 33.2 Å². The van der Waals surface area contributed by atoms with E-state index in [1.807, 2.05) is 31.2 Å². The van der Waals surface area contributed by atoms with Crippen LogP contribution in [0.25, 0.3) is 0 Å². The van der Waals surface area contributed by atoms with Gasteiger partial charge in [0, 0.05) is 32.4 Å². The first-order valence-electron chi connectivity index (χ1n) is 11.5. The van der Waals surface area contributed by atoms with E-state index < -0.39 is 17.9 Å². The lowest BCUT2D eigenvalue weighted by Gasteiger charge is -2.37. The number of nitrogens with one attached hydrogen (secondary N) is 1. The summed E-state index contributed by atoms with van der Waals surface area (Å²) in [7, 11) is 0. The summed E-state index contributed by atoms with van der Waals surface area (Å²) >= 11 is 0. The standard InChI is InChI=1S/C25H25N7O3/c1-16-9-10-26-21(15-16)27-20-7-8-22(29-28-20)30-11-13-31(14-12-30)23(33)17(2)32-24(34)18-5-3-4-6-19(18)25(32)35/h3-10,15,17H,11-14H2,1-2H3,(H,26,27,28). The molecule has 2 aromatic heterocycles. The molecule has 0 radical (unpaired) electrons. The third-order valence-electron chi connectivity index (χ3n) is 6.31. The van der Waals surface area contributed by atoms with Gasteiger partial charge in [-0.15, -0.1) is 10.2 Å². The molecule has 2 aliphatic heterocycles. The first kappa shape index (κ1) is 22.5. The molecular weight excluding hydrogens is 446 g/mol. The van der Waals surface area contributed by atoms with E-state index in [1.165, 1.54) is 0 Å². The normalized spacial score (nSPS) is 16.3. The Kier molecular flexibility index (Phi) is 5.86. The number of imide groups is 1. The van der Waals surface area contributed by atoms with Crippen LogP contribution in [0.3, 0.4) is 0 Å². The highest BCUT2D eigenvalue weighted by Gasteiger charge is 2.42. The van der Waals surface area contributed by atoms with Crippen LogP contribution in [0.4, 0.5) is 17.5 Å². The second-order valence-corrected chi connectivity index (χ2v) is 8.63. The van der Waals surface area contributed by atoms with E-state index in [0.717, 1.165) is 10.5 Å². The van der Waals surface area contributed by atoms with Crippen molar-refractivity contribution in [3.8, 4) is 0 Å². The van der Waals surface area contributed by atoms with E-state index in [-0.39, 0.29) is 5.91 Å². The summed E-state index contributed by atoms with van der Waals surface area (Å²) in [5.74, 6) is 0.926. The van der Waals surface area contributed by atoms with Crippen LogP contribution in [-0.2, 0) is 4.79 Å². The Morgan fingerprint density at radius 2 is 1.60 bits per heavy atom. The third kappa shape index (κ3) is 4.30. The van der Waals surface area contributed by atoms with Gasteiger partial charge in [0.2, 0.25) is 5.91 Å². The molecule has 0 bridgehead atoms. The summed E-state index contributed by atoms with van der Waals surface area (Å²) < 4.78 is 0. The number of anilines is 3. The summed E-state index contributed by atoms with van der Waals surface area (Å²) in [6.07, 6.45) is 1.73. The summed E-state index contributed by atoms with van der Waals surface area (Å²) in [5.41, 5.74) is 1.78. The van der Waals surface area contributed by atoms with Crippen molar-refractivity contribution in [2.45, 2.75) is 19.9 Å². The number of pyridine rings is 1. The predicted molar refractivity (Wildman–Crippen MR) is 129 cm³/mol. The molecule has 0 spiro atoms. The van der Waals surface area contributed by atoms with Crippen LogP contribution in [-0.4, -0.2) is 74.9 Å². The highest BCUT2D eigenvalue weighted by molar-refractivity contribution is 6.22. The molecule has 1 unspecified atom stereocenters. The average molecular weight is 472 g/mol. The Morgan fingerprint density at radius 3 is 2.20 bits per heavy atom. The van der Waals surface area contributed by atoms with Gasteiger partial charge >= 0.3 is 0 Å². The van der Waals surface area contributed by atoms with E-state index in [4.69, 9.17) is 0 Å². The number of hydrogen-bond donors (Lipinski definition) is 1. The van der Waals surface area contributed by atoms with Crippen molar-refractivity contribution in [2.75, 3.05) is 36.4 Å². The van der Waals surface area contributed by atoms with Gasteiger partial charge in [-0.05, 0) is 55.8 Å². The molecule has 0 saturated carbocycles. The fourth-order valence-electron chi connectivity index (χ4n) is 4.39. The molecule has 1 N–H and O–H groups in total. The second-order valence-electron chi connectivity index (χ2n) is 8.63. The van der Waals surface area contributed by atoms with Crippen molar-refractivity contribution in [1.29, 1.82) is 0 Å². The van der Waals surface area contributed by atoms with Crippen molar-refractivity contribution < 1.29 is 14.4 Å². The van der Waals surface area contributed by atoms with E-state index in [0.29, 0.717) is 54.8 Å². The van der Waals surface area contributed by atoms with Gasteiger partial charge < -0.3 is 15.1 Å². The van der Waals surface area contributed by atoms with Gasteiger partial charge in [0.1, 0.15) is 11.9 Å². The number of nitrogens with zero attached hydrogens (tertiary/aromatic N) is 6. The van der Waals surface area contributed by atoms with Crippen LogP contribution < -0.4 is 10.2 Å². The van der Waals surface area contributed by atoms with Crippen LogP contribution in [0.15, 0.2) is 54.7 Å². The lowest BCUT2D eigenvalue weighted by molar-refractivity contribution is -0.135. The zero-order chi connectivity index (χ0) is 24.5. The van der Waals surface area contributed by atoms with Crippen LogP contribution in [0.2, 0.25) is 0 Å². The number of rotatable bonds is 5. The number of carbonyl (C=O) groups excluding carboxylic acids is 3. The molecule has 35 heavy (non-hydrogen) atoms. The summed E-state index contributed by atoms with van der Waals surface area (Å²) in [4.78, 5) is 47.7. The average Bonchev–Trinajstić information content (AvgIpc) is 3.14. The number of aromatic nitrogens is 3. The zero-order valence-corrected chi connectivity index (χ0v) is 19.5. The molecule has 1 atom stereocenters. The summed E-state index contributed by atoms with van der Waals surface area (Å²) in [5, 5.41) is 11.7. The van der Waals surface area contributed by atoms with Gasteiger partial charge in [-0.2, -0.15) is 0 Å². The van der Waals surface area contributed by atoms with Crippen molar-refractivity contribution in [3.63, 3.8) is 0 Å². The highest BCUT2D eigenvalue weighted by atomic mass is 16.2. The number of carbonyl (C=O) groups is 3. The molecule has 2 aliphatic rings. The lowest BCUT2D eigenvalue weighted by Crippen LogP contribution is -2.55. The number of benzene rings is 1. The lowest BCUT2D eigenvalue weighted by atomic mass is 10.1. The molecule has 3 aromatic rings. The van der Waals surface area contributed by atoms with Gasteiger partial charge in [-0.1, -0.05) is 12.1 Å². The Morgan fingerprint density at radius 1 is 0.914 bits per heavy atom. The molecule has 3 amide bonds. The topological polar surface area (TPSA) is 112 Å². The third-order valence-corrected chi connectivity index (χ3v) is 6.31. The number of amides is 3. The fourth-order valence-corrected chi connectivity index (χ4v) is 4.39. The van der Waals surface area contributed by atoms with E-state index in [1.54, 1.807) is 42.3 Å². The molecule has 0 aliphatic carbocycles. The number of hydrogen-bond acceptors (Lipinski definition) is 8. The largest absolute Gasteiger partial charge is 0.352 e. The molecular formula is C25H25N7O3. The molecule has 1 fully saturated rings. The maximum atomic E-state index is 13.1. The van der Waals surface area contributed by atoms with Crippen LogP contribution in [0, 0.1) is 6.92 Å². The number of piperazine rings is 1. The van der Waals surface area contributed by atoms with Gasteiger partial charge in [0.15, 0.2) is 11.6 Å². The quantitative estimate of drug-likeness (QED) is 0.564. The number of aryl methyl sites for hydroxylation is 1. The van der Waals surface area contributed by atoms with E-state index in [2.05, 4.69) is 25.4 Å². The second kappa shape index (κ2) is 9.13. The SMILES string of the molecule is Cc1ccnc(Nc2ccc(N3CCN(C(=O)C(C)N4C(=O)c5ccccc5C4=O)CC3)nn2)c1. The minimum absolute atomic E-state index is 0.240. The minimum atomic E-state index is -0.866. The smallest absolute Gasteiger partial charge is 0.262 e. The van der Waals surface area contributed by atoms with E-state index in [9.17, 15) is 14.4 Å². The summed E-state index contributed by atoms with van der Waals surface area (Å²) in [6.45, 7) is 5.66. The number of fused-ring (bicyclic) bond motifs is 1. The summed E-state index contributed by atoms with van der Waals surface area (Å²) in [6, 6.07) is 13.4. The van der Waals surface area contributed by atoms with Crippen molar-refractivity contribution in [3.05, 3.63) is 71.4 Å². The Labute approximate surface area is 202 Å². The molecule has 1 aromatic carbocycles. The fraction of sp³-hybridized carbons (Fsp3) is 0.280. The highest BCUT2D eigenvalue weighted by Crippen LogP contribution is 2.25. The van der Waals surface area contributed by atoms with Crippen LogP contribution >= 0.6 is 0 Å². The molecule has 10 heteroatoms. The minimum Gasteiger partial charge on any atom is -0.352 e. The maximum absolute atomic E-state index is 13.1. The zero-order valence-electron chi connectivity index (χ0n) is 19.5. The van der Waals surface area contributed by atoms with Gasteiger partial charge in [-0.3, -0.25) is 19.3 Å². The molecule has 10 nitrogen and oxygen atoms in total. The van der Waals surface area contributed by atoms with Gasteiger partial charge in [0.25, 0.3) is 11.8 Å². The van der Waals surface area contributed by atoms with Gasteiger partial charge in [-0.25, -0.2) is 4.98 Å². The first-order valence-corrected chi connectivity index (χ1v) is 11.5. The Bertz CT molecular complexity index is 1250. The Balaban J connectivity index is 1.18.